The molecule has 1 aromatic heterocycles. The molecule has 0 radical (unpaired) electrons. The lowest BCUT2D eigenvalue weighted by molar-refractivity contribution is 0.195. The van der Waals surface area contributed by atoms with Gasteiger partial charge in [0.1, 0.15) is 5.76 Å². The summed E-state index contributed by atoms with van der Waals surface area (Å²) in [5, 5.41) is 3.41. The molecule has 0 aliphatic carbocycles. The summed E-state index contributed by atoms with van der Waals surface area (Å²) < 4.78 is 10.4. The van der Waals surface area contributed by atoms with Gasteiger partial charge in [0.2, 0.25) is 0 Å². The third kappa shape index (κ3) is 4.81. The van der Waals surface area contributed by atoms with Crippen molar-refractivity contribution in [2.75, 3.05) is 26.8 Å². The quantitative estimate of drug-likeness (QED) is 0.690. The summed E-state index contributed by atoms with van der Waals surface area (Å²) in [6.45, 7) is 7.21. The maximum atomic E-state index is 5.39. The van der Waals surface area contributed by atoms with Crippen LogP contribution >= 0.6 is 0 Å². The van der Waals surface area contributed by atoms with E-state index in [0.717, 1.165) is 31.9 Å². The first-order chi connectivity index (χ1) is 7.74. The van der Waals surface area contributed by atoms with E-state index in [1.165, 1.54) is 0 Å². The number of methoxy groups -OCH3 is 1. The van der Waals surface area contributed by atoms with Crippen molar-refractivity contribution in [1.82, 2.24) is 5.32 Å². The van der Waals surface area contributed by atoms with Crippen LogP contribution in [0.15, 0.2) is 22.8 Å². The lowest BCUT2D eigenvalue weighted by atomic mass is 9.91. The molecule has 16 heavy (non-hydrogen) atoms. The molecule has 0 aliphatic heterocycles. The third-order valence-electron chi connectivity index (χ3n) is 2.88. The highest BCUT2D eigenvalue weighted by molar-refractivity contribution is 4.99. The van der Waals surface area contributed by atoms with Crippen LogP contribution in [-0.4, -0.2) is 26.8 Å². The van der Waals surface area contributed by atoms with Crippen LogP contribution in [0, 0.1) is 11.8 Å². The second-order valence-corrected chi connectivity index (χ2v) is 4.48. The lowest BCUT2D eigenvalue weighted by Gasteiger charge is -2.20. The molecule has 1 heterocycles. The van der Waals surface area contributed by atoms with Gasteiger partial charge in [-0.3, -0.25) is 0 Å². The molecule has 1 rings (SSSR count). The fraction of sp³-hybridized carbons (Fsp3) is 0.692. The Morgan fingerprint density at radius 1 is 1.44 bits per heavy atom. The zero-order valence-electron chi connectivity index (χ0n) is 10.5. The van der Waals surface area contributed by atoms with Crippen LogP contribution in [0.2, 0.25) is 0 Å². The van der Waals surface area contributed by atoms with Gasteiger partial charge in [-0.15, -0.1) is 0 Å². The van der Waals surface area contributed by atoms with Crippen molar-refractivity contribution >= 4 is 0 Å². The minimum Gasteiger partial charge on any atom is -0.469 e. The maximum Gasteiger partial charge on any atom is 0.104 e. The zero-order valence-corrected chi connectivity index (χ0v) is 10.5. The van der Waals surface area contributed by atoms with Gasteiger partial charge < -0.3 is 14.5 Å². The molecule has 0 fully saturated rings. The monoisotopic (exact) mass is 225 g/mol. The van der Waals surface area contributed by atoms with Crippen molar-refractivity contribution in [2.45, 2.75) is 20.3 Å². The Bertz CT molecular complexity index is 257. The largest absolute Gasteiger partial charge is 0.469 e. The summed E-state index contributed by atoms with van der Waals surface area (Å²) in [5.41, 5.74) is 0. The second-order valence-electron chi connectivity index (χ2n) is 4.48. The van der Waals surface area contributed by atoms with Crippen molar-refractivity contribution in [1.29, 1.82) is 0 Å². The molecule has 0 amide bonds. The number of furan rings is 1. The molecule has 0 saturated carbocycles. The number of rotatable bonds is 8. The molecule has 1 unspecified atom stereocenters. The smallest absolute Gasteiger partial charge is 0.104 e. The first-order valence-electron chi connectivity index (χ1n) is 5.96. The standard InChI is InChI=1S/C13H23NO2/c1-11(2)12(10-14-6-8-15-3)9-13-5-4-7-16-13/h4-5,7,11-12,14H,6,8-10H2,1-3H3. The average Bonchev–Trinajstić information content (AvgIpc) is 2.75. The fourth-order valence-corrected chi connectivity index (χ4v) is 1.69. The Hall–Kier alpha value is -0.800. The van der Waals surface area contributed by atoms with E-state index >= 15 is 0 Å². The van der Waals surface area contributed by atoms with Crippen LogP contribution in [0.1, 0.15) is 19.6 Å². The molecule has 0 spiro atoms. The molecule has 3 nitrogen and oxygen atoms in total. The fourth-order valence-electron chi connectivity index (χ4n) is 1.69. The molecule has 0 bridgehead atoms. The van der Waals surface area contributed by atoms with Gasteiger partial charge >= 0.3 is 0 Å². The molecule has 0 aromatic carbocycles. The normalized spacial score (nSPS) is 13.2. The van der Waals surface area contributed by atoms with Crippen LogP contribution in [0.4, 0.5) is 0 Å². The lowest BCUT2D eigenvalue weighted by Crippen LogP contribution is -2.30. The van der Waals surface area contributed by atoms with Gasteiger partial charge in [0.15, 0.2) is 0 Å². The summed E-state index contributed by atoms with van der Waals surface area (Å²) in [6.07, 6.45) is 2.75. The van der Waals surface area contributed by atoms with E-state index in [-0.39, 0.29) is 0 Å². The van der Waals surface area contributed by atoms with Crippen molar-refractivity contribution in [3.63, 3.8) is 0 Å². The minimum absolute atomic E-state index is 0.614. The average molecular weight is 225 g/mol. The van der Waals surface area contributed by atoms with Gasteiger partial charge in [-0.1, -0.05) is 13.8 Å². The van der Waals surface area contributed by atoms with Gasteiger partial charge in [0, 0.05) is 20.1 Å². The summed E-state index contributed by atoms with van der Waals surface area (Å²) in [4.78, 5) is 0. The summed E-state index contributed by atoms with van der Waals surface area (Å²) in [5.74, 6) is 2.34. The van der Waals surface area contributed by atoms with Gasteiger partial charge in [-0.25, -0.2) is 0 Å². The number of hydrogen-bond donors (Lipinski definition) is 1. The number of ether oxygens (including phenoxy) is 1. The van der Waals surface area contributed by atoms with E-state index in [0.29, 0.717) is 11.8 Å². The van der Waals surface area contributed by atoms with Gasteiger partial charge in [0.25, 0.3) is 0 Å². The molecular weight excluding hydrogens is 202 g/mol. The summed E-state index contributed by atoms with van der Waals surface area (Å²) in [6, 6.07) is 4.00. The molecule has 3 heteroatoms. The molecular formula is C13H23NO2. The Morgan fingerprint density at radius 2 is 2.25 bits per heavy atom. The van der Waals surface area contributed by atoms with Gasteiger partial charge in [-0.05, 0) is 30.5 Å². The highest BCUT2D eigenvalue weighted by atomic mass is 16.5. The predicted molar refractivity (Wildman–Crippen MR) is 65.5 cm³/mol. The van der Waals surface area contributed by atoms with Gasteiger partial charge in [0.05, 0.1) is 12.9 Å². The number of nitrogens with one attached hydrogen (secondary N) is 1. The zero-order chi connectivity index (χ0) is 11.8. The Kier molecular flexibility index (Phi) is 6.19. The Labute approximate surface area is 98.2 Å². The third-order valence-corrected chi connectivity index (χ3v) is 2.88. The van der Waals surface area contributed by atoms with Crippen molar-refractivity contribution in [2.24, 2.45) is 11.8 Å². The van der Waals surface area contributed by atoms with Crippen LogP contribution in [0.5, 0.6) is 0 Å². The molecule has 1 aromatic rings. The van der Waals surface area contributed by atoms with Gasteiger partial charge in [-0.2, -0.15) is 0 Å². The first-order valence-corrected chi connectivity index (χ1v) is 5.96. The van der Waals surface area contributed by atoms with Crippen LogP contribution < -0.4 is 5.32 Å². The Balaban J connectivity index is 2.30. The van der Waals surface area contributed by atoms with Crippen molar-refractivity contribution < 1.29 is 9.15 Å². The highest BCUT2D eigenvalue weighted by Crippen LogP contribution is 2.16. The first kappa shape index (κ1) is 13.3. The van der Waals surface area contributed by atoms with E-state index in [1.807, 2.05) is 12.1 Å². The van der Waals surface area contributed by atoms with E-state index in [2.05, 4.69) is 19.2 Å². The van der Waals surface area contributed by atoms with E-state index < -0.39 is 0 Å². The van der Waals surface area contributed by atoms with Crippen LogP contribution in [0.3, 0.4) is 0 Å². The molecule has 1 atom stereocenters. The number of hydrogen-bond acceptors (Lipinski definition) is 3. The summed E-state index contributed by atoms with van der Waals surface area (Å²) >= 11 is 0. The molecule has 0 saturated heterocycles. The van der Waals surface area contributed by atoms with E-state index in [9.17, 15) is 0 Å². The van der Waals surface area contributed by atoms with Crippen molar-refractivity contribution in [3.05, 3.63) is 24.2 Å². The summed E-state index contributed by atoms with van der Waals surface area (Å²) in [7, 11) is 1.73. The second kappa shape index (κ2) is 7.47. The topological polar surface area (TPSA) is 34.4 Å². The SMILES string of the molecule is COCCNCC(Cc1ccco1)C(C)C. The van der Waals surface area contributed by atoms with Crippen LogP contribution in [0.25, 0.3) is 0 Å². The minimum atomic E-state index is 0.614. The highest BCUT2D eigenvalue weighted by Gasteiger charge is 2.14. The molecule has 92 valence electrons. The predicted octanol–water partition coefficient (Wildman–Crippen LogP) is 2.33. The molecule has 0 aliphatic rings. The van der Waals surface area contributed by atoms with Crippen LogP contribution in [-0.2, 0) is 11.2 Å². The van der Waals surface area contributed by atoms with E-state index in [4.69, 9.17) is 9.15 Å². The molecule has 1 N–H and O–H groups in total. The van der Waals surface area contributed by atoms with Crippen molar-refractivity contribution in [3.8, 4) is 0 Å². The maximum absolute atomic E-state index is 5.39. The van der Waals surface area contributed by atoms with E-state index in [1.54, 1.807) is 13.4 Å². The Morgan fingerprint density at radius 3 is 2.81 bits per heavy atom.